The van der Waals surface area contributed by atoms with E-state index in [9.17, 15) is 0 Å². The second-order valence-electron chi connectivity index (χ2n) is 17.1. The van der Waals surface area contributed by atoms with Crippen LogP contribution in [-0.4, -0.2) is 15.0 Å². The number of nitrogens with two attached hydrogens (primary N) is 1. The zero-order valence-electron chi connectivity index (χ0n) is 38.1. The van der Waals surface area contributed by atoms with Crippen LogP contribution in [0.4, 0.5) is 0 Å². The van der Waals surface area contributed by atoms with Crippen molar-refractivity contribution < 1.29 is 0 Å². The van der Waals surface area contributed by atoms with Gasteiger partial charge >= 0.3 is 0 Å². The standard InChI is InChI=1S/C64H48N4/c1-3-4-7-29-60-44(2)52-24-14-17-30-61(52)67(60)50-41-49(42-51(43-50)68-62-31-18-15-27-57(62)58-28-16-19-32-63(58)68)46-34-36-47(37-35-46)53-38-39-56(55-26-13-12-25-54(53)55)59(40-33-45-20-8-5-9-21-45)66-64(65)48-22-10-6-11-23-48/h5-32,34-43H,33H2,1-2H3,(H2,65,66)/b29-7-,59-40-. The molecule has 0 aliphatic heterocycles. The highest BCUT2D eigenvalue weighted by Gasteiger charge is 2.19. The van der Waals surface area contributed by atoms with E-state index in [1.165, 1.54) is 38.3 Å². The first-order valence-electron chi connectivity index (χ1n) is 23.1. The molecule has 2 heterocycles. The second-order valence-corrected chi connectivity index (χ2v) is 17.1. The van der Waals surface area contributed by atoms with Crippen molar-refractivity contribution in [1.82, 2.24) is 9.13 Å². The summed E-state index contributed by atoms with van der Waals surface area (Å²) in [6.45, 7) is 4.08. The van der Waals surface area contributed by atoms with Crippen molar-refractivity contribution in [1.29, 1.82) is 0 Å². The van der Waals surface area contributed by atoms with Crippen molar-refractivity contribution >= 4 is 61.1 Å². The normalized spacial score (nSPS) is 12.1. The Morgan fingerprint density at radius 2 is 1.07 bits per heavy atom. The first-order chi connectivity index (χ1) is 33.5. The molecular formula is C64H48N4. The Balaban J connectivity index is 1.05. The van der Waals surface area contributed by atoms with Crippen molar-refractivity contribution in [3.63, 3.8) is 0 Å². The number of aromatic nitrogens is 2. The van der Waals surface area contributed by atoms with Crippen LogP contribution in [0.3, 0.4) is 0 Å². The Labute approximate surface area is 397 Å². The number of aliphatic imine (C=N–C) groups is 1. The maximum absolute atomic E-state index is 6.71. The molecule has 0 fully saturated rings. The molecule has 0 saturated heterocycles. The van der Waals surface area contributed by atoms with E-state index in [0.717, 1.165) is 78.9 Å². The fraction of sp³-hybridized carbons (Fsp3) is 0.0469. The fourth-order valence-electron chi connectivity index (χ4n) is 9.79. The molecule has 0 radical (unpaired) electrons. The molecular weight excluding hydrogens is 825 g/mol. The van der Waals surface area contributed by atoms with Gasteiger partial charge in [-0.2, -0.15) is 0 Å². The molecule has 11 rings (SSSR count). The smallest absolute Gasteiger partial charge is 0.131 e. The summed E-state index contributed by atoms with van der Waals surface area (Å²) in [4.78, 5) is 5.10. The molecule has 2 N–H and O–H groups in total. The van der Waals surface area contributed by atoms with E-state index in [2.05, 4.69) is 216 Å². The summed E-state index contributed by atoms with van der Waals surface area (Å²) in [5.41, 5.74) is 23.2. The van der Waals surface area contributed by atoms with Crippen molar-refractivity contribution in [3.05, 3.63) is 252 Å². The molecule has 68 heavy (non-hydrogen) atoms. The lowest BCUT2D eigenvalue weighted by atomic mass is 9.92. The van der Waals surface area contributed by atoms with Gasteiger partial charge in [-0.15, -0.1) is 5.92 Å². The summed E-state index contributed by atoms with van der Waals surface area (Å²) in [5, 5.41) is 5.94. The minimum atomic E-state index is 0.484. The Kier molecular flexibility index (Phi) is 11.2. The fourth-order valence-corrected chi connectivity index (χ4v) is 9.79. The summed E-state index contributed by atoms with van der Waals surface area (Å²) in [7, 11) is 0. The number of para-hydroxylation sites is 3. The average Bonchev–Trinajstić information content (AvgIpc) is 3.89. The van der Waals surface area contributed by atoms with Gasteiger partial charge in [0.1, 0.15) is 5.84 Å². The predicted molar refractivity (Wildman–Crippen MR) is 289 cm³/mol. The molecule has 324 valence electrons. The van der Waals surface area contributed by atoms with Crippen molar-refractivity contribution in [2.45, 2.75) is 20.3 Å². The van der Waals surface area contributed by atoms with Crippen molar-refractivity contribution in [2.75, 3.05) is 0 Å². The topological polar surface area (TPSA) is 48.2 Å². The van der Waals surface area contributed by atoms with Crippen LogP contribution < -0.4 is 5.73 Å². The van der Waals surface area contributed by atoms with Gasteiger partial charge in [-0.05, 0) is 113 Å². The van der Waals surface area contributed by atoms with Crippen LogP contribution in [0, 0.1) is 18.8 Å². The Morgan fingerprint density at radius 3 is 1.74 bits per heavy atom. The lowest BCUT2D eigenvalue weighted by Crippen LogP contribution is -2.13. The van der Waals surface area contributed by atoms with Gasteiger partial charge in [0.25, 0.3) is 0 Å². The molecule has 4 heteroatoms. The Morgan fingerprint density at radius 1 is 0.529 bits per heavy atom. The molecule has 0 bridgehead atoms. The van der Waals surface area contributed by atoms with Crippen LogP contribution in [-0.2, 0) is 6.42 Å². The lowest BCUT2D eigenvalue weighted by molar-refractivity contribution is 1.08. The number of rotatable bonds is 10. The first kappa shape index (κ1) is 41.8. The van der Waals surface area contributed by atoms with Crippen molar-refractivity contribution in [2.24, 2.45) is 10.7 Å². The number of benzene rings is 9. The summed E-state index contributed by atoms with van der Waals surface area (Å²) < 4.78 is 4.80. The SMILES string of the molecule is CC#C/C=C\c1c(C)c2ccccc2n1-c1cc(-c2ccc(-c3ccc(C(=C/Cc4ccccc4)/N=C(\N)c4ccccc4)c4ccccc34)cc2)cc(-n2c3ccccc3c3ccccc32)c1. The Hall–Kier alpha value is -8.91. The third kappa shape index (κ3) is 7.76. The first-order valence-corrected chi connectivity index (χ1v) is 23.1. The molecule has 4 nitrogen and oxygen atoms in total. The molecule has 0 unspecified atom stereocenters. The number of aryl methyl sites for hydroxylation is 1. The van der Waals surface area contributed by atoms with Gasteiger partial charge in [-0.3, -0.25) is 0 Å². The van der Waals surface area contributed by atoms with E-state index < -0.39 is 0 Å². The zero-order chi connectivity index (χ0) is 46.0. The quantitative estimate of drug-likeness (QED) is 0.0831. The second kappa shape index (κ2) is 18.2. The molecule has 0 spiro atoms. The molecule has 0 aliphatic rings. The maximum Gasteiger partial charge on any atom is 0.131 e. The van der Waals surface area contributed by atoms with Crippen LogP contribution in [0.1, 0.15) is 34.9 Å². The lowest BCUT2D eigenvalue weighted by Gasteiger charge is -2.17. The van der Waals surface area contributed by atoms with Crippen LogP contribution >= 0.6 is 0 Å². The minimum absolute atomic E-state index is 0.484. The highest BCUT2D eigenvalue weighted by molar-refractivity contribution is 6.10. The van der Waals surface area contributed by atoms with E-state index in [4.69, 9.17) is 10.7 Å². The number of hydrogen-bond donors (Lipinski definition) is 1. The van der Waals surface area contributed by atoms with E-state index in [-0.39, 0.29) is 0 Å². The highest BCUT2D eigenvalue weighted by Crippen LogP contribution is 2.39. The number of nitrogens with zero attached hydrogens (tertiary/aromatic N) is 3. The summed E-state index contributed by atoms with van der Waals surface area (Å²) in [6.07, 6.45) is 7.03. The summed E-state index contributed by atoms with van der Waals surface area (Å²) in [6, 6.07) is 75.7. The Bertz CT molecular complexity index is 3780. The van der Waals surface area contributed by atoms with Crippen LogP contribution in [0.5, 0.6) is 0 Å². The summed E-state index contributed by atoms with van der Waals surface area (Å²) >= 11 is 0. The maximum atomic E-state index is 6.71. The molecule has 9 aromatic carbocycles. The minimum Gasteiger partial charge on any atom is -0.383 e. The van der Waals surface area contributed by atoms with Crippen molar-refractivity contribution in [3.8, 4) is 45.5 Å². The van der Waals surface area contributed by atoms with Crippen LogP contribution in [0.25, 0.3) is 88.9 Å². The molecule has 0 saturated carbocycles. The van der Waals surface area contributed by atoms with Gasteiger partial charge in [0, 0.05) is 38.7 Å². The van der Waals surface area contributed by atoms with Gasteiger partial charge in [-0.1, -0.05) is 188 Å². The number of amidine groups is 1. The predicted octanol–water partition coefficient (Wildman–Crippen LogP) is 15.5. The van der Waals surface area contributed by atoms with Crippen LogP contribution in [0.15, 0.2) is 229 Å². The highest BCUT2D eigenvalue weighted by atomic mass is 15.0. The molecule has 0 aliphatic carbocycles. The third-order valence-corrected chi connectivity index (χ3v) is 13.1. The van der Waals surface area contributed by atoms with E-state index in [1.54, 1.807) is 0 Å². The molecule has 0 amide bonds. The van der Waals surface area contributed by atoms with Gasteiger partial charge in [0.05, 0.1) is 27.9 Å². The van der Waals surface area contributed by atoms with E-state index in [0.29, 0.717) is 5.84 Å². The van der Waals surface area contributed by atoms with Crippen LogP contribution in [0.2, 0.25) is 0 Å². The third-order valence-electron chi connectivity index (χ3n) is 13.1. The number of allylic oxidation sites excluding steroid dienone is 2. The summed E-state index contributed by atoms with van der Waals surface area (Å²) in [5.74, 6) is 6.68. The number of hydrogen-bond acceptors (Lipinski definition) is 1. The largest absolute Gasteiger partial charge is 0.383 e. The van der Waals surface area contributed by atoms with Gasteiger partial charge in [0.2, 0.25) is 0 Å². The molecule has 0 atom stereocenters. The molecule has 11 aromatic rings. The molecule has 2 aromatic heterocycles. The monoisotopic (exact) mass is 872 g/mol. The van der Waals surface area contributed by atoms with Gasteiger partial charge in [0.15, 0.2) is 0 Å². The van der Waals surface area contributed by atoms with Gasteiger partial charge < -0.3 is 14.9 Å². The average molecular weight is 873 g/mol. The number of fused-ring (bicyclic) bond motifs is 5. The van der Waals surface area contributed by atoms with E-state index in [1.807, 2.05) is 49.4 Å². The van der Waals surface area contributed by atoms with Gasteiger partial charge in [-0.25, -0.2) is 4.99 Å². The van der Waals surface area contributed by atoms with E-state index >= 15 is 0 Å². The zero-order valence-corrected chi connectivity index (χ0v) is 38.1.